The maximum Gasteiger partial charge on any atom is 0.249 e. The minimum atomic E-state index is 0.0815. The number of amides is 1. The van der Waals surface area contributed by atoms with E-state index in [9.17, 15) is 4.79 Å². The SMILES string of the molecule is COCC(=O)N1[C@@H]2CC[C@@H](C2)[C@@H]1COc1ccc(OC)cc1. The van der Waals surface area contributed by atoms with Gasteiger partial charge in [0.15, 0.2) is 0 Å². The molecule has 0 N–H and O–H groups in total. The lowest BCUT2D eigenvalue weighted by atomic mass is 9.99. The Kier molecular flexibility index (Phi) is 4.52. The molecule has 5 heteroatoms. The van der Waals surface area contributed by atoms with Crippen LogP contribution in [0.3, 0.4) is 0 Å². The number of ether oxygens (including phenoxy) is 3. The molecule has 0 aromatic heterocycles. The predicted molar refractivity (Wildman–Crippen MR) is 82.1 cm³/mol. The molecule has 1 saturated heterocycles. The minimum Gasteiger partial charge on any atom is -0.497 e. The van der Waals surface area contributed by atoms with Crippen molar-refractivity contribution in [2.75, 3.05) is 27.4 Å². The van der Waals surface area contributed by atoms with Crippen LogP contribution in [0.25, 0.3) is 0 Å². The lowest BCUT2D eigenvalue weighted by Gasteiger charge is -2.35. The maximum absolute atomic E-state index is 12.3. The van der Waals surface area contributed by atoms with Crippen molar-refractivity contribution in [1.82, 2.24) is 4.90 Å². The molecule has 1 aliphatic carbocycles. The smallest absolute Gasteiger partial charge is 0.249 e. The first kappa shape index (κ1) is 15.2. The first-order valence-electron chi connectivity index (χ1n) is 7.80. The van der Waals surface area contributed by atoms with Crippen molar-refractivity contribution < 1.29 is 19.0 Å². The maximum atomic E-state index is 12.3. The molecule has 1 amide bonds. The van der Waals surface area contributed by atoms with E-state index >= 15 is 0 Å². The Bertz CT molecular complexity index is 516. The Morgan fingerprint density at radius 2 is 1.91 bits per heavy atom. The largest absolute Gasteiger partial charge is 0.497 e. The number of rotatable bonds is 6. The number of nitrogens with zero attached hydrogens (tertiary/aromatic N) is 1. The van der Waals surface area contributed by atoms with Gasteiger partial charge in [0.05, 0.1) is 13.2 Å². The highest BCUT2D eigenvalue weighted by Crippen LogP contribution is 2.42. The molecule has 1 aromatic rings. The monoisotopic (exact) mass is 305 g/mol. The minimum absolute atomic E-state index is 0.0815. The standard InChI is InChI=1S/C17H23NO4/c1-20-11-17(19)18-13-4-3-12(9-13)16(18)10-22-15-7-5-14(21-2)6-8-15/h5-8,12-13,16H,3-4,9-11H2,1-2H3/t12-,13+,16-/m0/s1. The van der Waals surface area contributed by atoms with Gasteiger partial charge in [-0.25, -0.2) is 0 Å². The number of benzene rings is 1. The summed E-state index contributed by atoms with van der Waals surface area (Å²) in [6.45, 7) is 0.700. The van der Waals surface area contributed by atoms with Crippen molar-refractivity contribution in [2.45, 2.75) is 31.3 Å². The number of carbonyl (C=O) groups excluding carboxylic acids is 1. The first-order chi connectivity index (χ1) is 10.7. The molecule has 0 radical (unpaired) electrons. The molecule has 120 valence electrons. The summed E-state index contributed by atoms with van der Waals surface area (Å²) in [7, 11) is 3.21. The van der Waals surface area contributed by atoms with Crippen molar-refractivity contribution >= 4 is 5.91 Å². The Labute approximate surface area is 131 Å². The van der Waals surface area contributed by atoms with Gasteiger partial charge in [0.1, 0.15) is 24.7 Å². The summed E-state index contributed by atoms with van der Waals surface area (Å²) in [5.41, 5.74) is 0. The summed E-state index contributed by atoms with van der Waals surface area (Å²) in [6.07, 6.45) is 3.41. The zero-order chi connectivity index (χ0) is 15.5. The van der Waals surface area contributed by atoms with Gasteiger partial charge in [0.25, 0.3) is 0 Å². The molecule has 1 aliphatic heterocycles. The lowest BCUT2D eigenvalue weighted by Crippen LogP contribution is -2.49. The third-order valence-electron chi connectivity index (χ3n) is 4.78. The van der Waals surface area contributed by atoms with Gasteiger partial charge in [-0.15, -0.1) is 0 Å². The normalized spacial score (nSPS) is 26.3. The van der Waals surface area contributed by atoms with Crippen LogP contribution in [-0.4, -0.2) is 50.3 Å². The summed E-state index contributed by atoms with van der Waals surface area (Å²) in [6, 6.07) is 8.09. The second-order valence-electron chi connectivity index (χ2n) is 6.01. The highest BCUT2D eigenvalue weighted by Gasteiger charge is 2.48. The zero-order valence-electron chi connectivity index (χ0n) is 13.2. The van der Waals surface area contributed by atoms with E-state index in [1.165, 1.54) is 6.42 Å². The summed E-state index contributed by atoms with van der Waals surface area (Å²) in [5, 5.41) is 0. The van der Waals surface area contributed by atoms with Crippen LogP contribution in [0, 0.1) is 5.92 Å². The number of fused-ring (bicyclic) bond motifs is 2. The van der Waals surface area contributed by atoms with Gasteiger partial charge in [0, 0.05) is 13.2 Å². The highest BCUT2D eigenvalue weighted by molar-refractivity contribution is 5.78. The van der Waals surface area contributed by atoms with Gasteiger partial charge < -0.3 is 19.1 Å². The van der Waals surface area contributed by atoms with Crippen molar-refractivity contribution in [3.63, 3.8) is 0 Å². The topological polar surface area (TPSA) is 48.0 Å². The molecule has 0 unspecified atom stereocenters. The fourth-order valence-electron chi connectivity index (χ4n) is 3.75. The van der Waals surface area contributed by atoms with E-state index in [0.29, 0.717) is 18.6 Å². The van der Waals surface area contributed by atoms with Gasteiger partial charge in [-0.3, -0.25) is 4.79 Å². The second kappa shape index (κ2) is 6.57. The molecule has 3 atom stereocenters. The van der Waals surface area contributed by atoms with Crippen LogP contribution in [0.5, 0.6) is 11.5 Å². The number of piperidine rings is 1. The fraction of sp³-hybridized carbons (Fsp3) is 0.588. The van der Waals surface area contributed by atoms with Crippen molar-refractivity contribution in [3.05, 3.63) is 24.3 Å². The molecule has 3 rings (SSSR count). The molecule has 5 nitrogen and oxygen atoms in total. The number of methoxy groups -OCH3 is 2. The van der Waals surface area contributed by atoms with E-state index in [0.717, 1.165) is 24.3 Å². The average molecular weight is 305 g/mol. The molecular weight excluding hydrogens is 282 g/mol. The van der Waals surface area contributed by atoms with Gasteiger partial charge >= 0.3 is 0 Å². The molecule has 2 fully saturated rings. The van der Waals surface area contributed by atoms with E-state index in [4.69, 9.17) is 14.2 Å². The Hall–Kier alpha value is -1.75. The molecule has 2 bridgehead atoms. The highest BCUT2D eigenvalue weighted by atomic mass is 16.5. The van der Waals surface area contributed by atoms with Crippen LogP contribution in [-0.2, 0) is 9.53 Å². The average Bonchev–Trinajstić information content (AvgIpc) is 3.14. The third kappa shape index (κ3) is 2.90. The quantitative estimate of drug-likeness (QED) is 0.807. The van der Waals surface area contributed by atoms with E-state index in [-0.39, 0.29) is 18.6 Å². The van der Waals surface area contributed by atoms with Gasteiger partial charge in [-0.05, 0) is 49.4 Å². The van der Waals surface area contributed by atoms with E-state index in [2.05, 4.69) is 0 Å². The number of carbonyl (C=O) groups is 1. The summed E-state index contributed by atoms with van der Waals surface area (Å²) >= 11 is 0. The Morgan fingerprint density at radius 1 is 1.18 bits per heavy atom. The van der Waals surface area contributed by atoms with E-state index in [1.54, 1.807) is 14.2 Å². The Morgan fingerprint density at radius 3 is 2.59 bits per heavy atom. The van der Waals surface area contributed by atoms with Gasteiger partial charge in [-0.2, -0.15) is 0 Å². The molecule has 22 heavy (non-hydrogen) atoms. The summed E-state index contributed by atoms with van der Waals surface area (Å²) < 4.78 is 16.1. The van der Waals surface area contributed by atoms with Crippen LogP contribution >= 0.6 is 0 Å². The fourth-order valence-corrected chi connectivity index (χ4v) is 3.75. The molecule has 1 heterocycles. The third-order valence-corrected chi connectivity index (χ3v) is 4.78. The summed E-state index contributed by atoms with van der Waals surface area (Å²) in [4.78, 5) is 14.3. The number of likely N-dealkylation sites (tertiary alicyclic amines) is 1. The van der Waals surface area contributed by atoms with Crippen LogP contribution in [0.1, 0.15) is 19.3 Å². The number of hydrogen-bond donors (Lipinski definition) is 0. The molecule has 0 spiro atoms. The van der Waals surface area contributed by atoms with Gasteiger partial charge in [0.2, 0.25) is 5.91 Å². The molecule has 1 aromatic carbocycles. The summed E-state index contributed by atoms with van der Waals surface area (Å²) in [5.74, 6) is 2.26. The molecular formula is C17H23NO4. The van der Waals surface area contributed by atoms with Gasteiger partial charge in [-0.1, -0.05) is 0 Å². The predicted octanol–water partition coefficient (Wildman–Crippen LogP) is 2.10. The molecule has 2 aliphatic rings. The van der Waals surface area contributed by atoms with E-state index in [1.807, 2.05) is 29.2 Å². The lowest BCUT2D eigenvalue weighted by molar-refractivity contribution is -0.140. The van der Waals surface area contributed by atoms with Crippen LogP contribution in [0.15, 0.2) is 24.3 Å². The molecule has 1 saturated carbocycles. The van der Waals surface area contributed by atoms with Crippen molar-refractivity contribution in [2.24, 2.45) is 5.92 Å². The van der Waals surface area contributed by atoms with Crippen molar-refractivity contribution in [1.29, 1.82) is 0 Å². The van der Waals surface area contributed by atoms with Crippen LogP contribution in [0.2, 0.25) is 0 Å². The van der Waals surface area contributed by atoms with Crippen LogP contribution < -0.4 is 9.47 Å². The number of hydrogen-bond acceptors (Lipinski definition) is 4. The zero-order valence-corrected chi connectivity index (χ0v) is 13.2. The van der Waals surface area contributed by atoms with E-state index < -0.39 is 0 Å². The van der Waals surface area contributed by atoms with Crippen LogP contribution in [0.4, 0.5) is 0 Å². The Balaban J connectivity index is 1.63. The second-order valence-corrected chi connectivity index (χ2v) is 6.01. The first-order valence-corrected chi connectivity index (χ1v) is 7.80. The van der Waals surface area contributed by atoms with Crippen molar-refractivity contribution in [3.8, 4) is 11.5 Å².